The number of likely N-dealkylation sites (N-methyl/N-ethyl adjacent to an activating group) is 1. The molecule has 2 aromatic carbocycles. The van der Waals surface area contributed by atoms with Crippen molar-refractivity contribution in [3.8, 4) is 22.5 Å². The summed E-state index contributed by atoms with van der Waals surface area (Å²) in [6.07, 6.45) is 3.63. The van der Waals surface area contributed by atoms with Crippen molar-refractivity contribution in [1.82, 2.24) is 34.4 Å². The van der Waals surface area contributed by atoms with Crippen molar-refractivity contribution in [3.63, 3.8) is 0 Å². The summed E-state index contributed by atoms with van der Waals surface area (Å²) in [5, 5.41) is 20.6. The van der Waals surface area contributed by atoms with Gasteiger partial charge in [0, 0.05) is 80.7 Å². The lowest BCUT2D eigenvalue weighted by molar-refractivity contribution is 0.148. The number of carbonyl (C=O) groups excluding carboxylic acids is 1. The minimum absolute atomic E-state index is 0.0298. The zero-order chi connectivity index (χ0) is 30.2. The Morgan fingerprint density at radius 2 is 1.77 bits per heavy atom. The summed E-state index contributed by atoms with van der Waals surface area (Å²) in [6.45, 7) is 10.8. The number of anilines is 3. The average molecular weight is 584 g/mol. The van der Waals surface area contributed by atoms with E-state index in [2.05, 4.69) is 50.7 Å². The number of urea groups is 1. The van der Waals surface area contributed by atoms with Crippen molar-refractivity contribution >= 4 is 23.4 Å². The third-order valence-corrected chi connectivity index (χ3v) is 7.67. The van der Waals surface area contributed by atoms with E-state index in [1.807, 2.05) is 56.4 Å². The number of nitrogens with one attached hydrogen (secondary N) is 2. The van der Waals surface area contributed by atoms with E-state index in [9.17, 15) is 9.90 Å². The molecule has 11 nitrogen and oxygen atoms in total. The Balaban J connectivity index is 1.34. The van der Waals surface area contributed by atoms with E-state index in [0.717, 1.165) is 55.2 Å². The van der Waals surface area contributed by atoms with Crippen LogP contribution in [-0.2, 0) is 13.1 Å². The van der Waals surface area contributed by atoms with Crippen LogP contribution in [0.1, 0.15) is 19.4 Å². The molecule has 0 bridgehead atoms. The molecule has 3 heterocycles. The maximum Gasteiger partial charge on any atom is 0.321 e. The summed E-state index contributed by atoms with van der Waals surface area (Å²) < 4.78 is 1.72. The minimum atomic E-state index is -0.128. The molecule has 0 spiro atoms. The second-order valence-electron chi connectivity index (χ2n) is 10.7. The van der Waals surface area contributed by atoms with Crippen LogP contribution in [0, 0.1) is 0 Å². The van der Waals surface area contributed by atoms with E-state index in [1.165, 1.54) is 5.56 Å². The summed E-state index contributed by atoms with van der Waals surface area (Å²) >= 11 is 0. The number of hydrogen-bond donors (Lipinski definition) is 3. The van der Waals surface area contributed by atoms with Crippen LogP contribution in [-0.4, -0.2) is 98.5 Å². The van der Waals surface area contributed by atoms with Gasteiger partial charge in [-0.15, -0.1) is 0 Å². The molecule has 0 saturated carbocycles. The van der Waals surface area contributed by atoms with Crippen LogP contribution in [0.2, 0.25) is 0 Å². The first-order valence-corrected chi connectivity index (χ1v) is 14.9. The monoisotopic (exact) mass is 583 g/mol. The van der Waals surface area contributed by atoms with E-state index in [-0.39, 0.29) is 12.6 Å². The molecule has 0 unspecified atom stereocenters. The summed E-state index contributed by atoms with van der Waals surface area (Å²) in [4.78, 5) is 28.4. The lowest BCUT2D eigenvalue weighted by Gasteiger charge is -2.32. The maximum atomic E-state index is 12.5. The van der Waals surface area contributed by atoms with Crippen LogP contribution < -0.4 is 10.6 Å². The van der Waals surface area contributed by atoms with Gasteiger partial charge in [-0.25, -0.2) is 14.8 Å². The van der Waals surface area contributed by atoms with Crippen molar-refractivity contribution in [2.24, 2.45) is 0 Å². The minimum Gasteiger partial charge on any atom is -0.394 e. The molecule has 5 rings (SSSR count). The molecule has 2 aromatic heterocycles. The van der Waals surface area contributed by atoms with Crippen molar-refractivity contribution in [2.45, 2.75) is 26.9 Å². The molecule has 1 fully saturated rings. The Labute approximate surface area is 253 Å². The third kappa shape index (κ3) is 7.75. The van der Waals surface area contributed by atoms with Crippen LogP contribution in [0.3, 0.4) is 0 Å². The second-order valence-corrected chi connectivity index (χ2v) is 10.7. The van der Waals surface area contributed by atoms with E-state index < -0.39 is 0 Å². The summed E-state index contributed by atoms with van der Waals surface area (Å²) in [7, 11) is 2.17. The van der Waals surface area contributed by atoms with Gasteiger partial charge < -0.3 is 25.5 Å². The van der Waals surface area contributed by atoms with Gasteiger partial charge in [0.15, 0.2) is 0 Å². The zero-order valence-electron chi connectivity index (χ0n) is 25.2. The number of aliphatic hydroxyl groups is 1. The zero-order valence-corrected chi connectivity index (χ0v) is 25.2. The molecule has 0 aliphatic carbocycles. The number of piperazine rings is 1. The topological polar surface area (TPSA) is 115 Å². The predicted octanol–water partition coefficient (Wildman–Crippen LogP) is 4.36. The van der Waals surface area contributed by atoms with E-state index in [4.69, 9.17) is 10.1 Å². The number of aliphatic hydroxyl groups excluding tert-OH is 1. The molecule has 1 aliphatic rings. The van der Waals surface area contributed by atoms with E-state index in [0.29, 0.717) is 37.0 Å². The first-order chi connectivity index (χ1) is 20.9. The first-order valence-electron chi connectivity index (χ1n) is 14.9. The van der Waals surface area contributed by atoms with Crippen LogP contribution in [0.4, 0.5) is 22.1 Å². The standard InChI is InChI=1S/C32H41N9O2/c1-4-40(5-2)32(43)35-26-11-9-25(10-12-26)30-28(23-41(37-30)19-20-42)29-13-14-33-31(36-29)34-27-8-6-7-24(21-27)22-39-17-15-38(3)16-18-39/h6-14,21,23,42H,4-5,15-20,22H2,1-3H3,(H,35,43)(H,33,34,36). The number of hydrogen-bond acceptors (Lipinski definition) is 8. The van der Waals surface area contributed by atoms with Gasteiger partial charge >= 0.3 is 6.03 Å². The highest BCUT2D eigenvalue weighted by Crippen LogP contribution is 2.31. The van der Waals surface area contributed by atoms with Gasteiger partial charge in [-0.3, -0.25) is 9.58 Å². The lowest BCUT2D eigenvalue weighted by Crippen LogP contribution is -2.43. The average Bonchev–Trinajstić information content (AvgIpc) is 3.44. The SMILES string of the molecule is CCN(CC)C(=O)Nc1ccc(-c2nn(CCO)cc2-c2ccnc(Nc3cccc(CN4CCN(C)CC4)c3)n2)cc1. The Bertz CT molecular complexity index is 1490. The Kier molecular flexibility index (Phi) is 9.98. The van der Waals surface area contributed by atoms with Crippen molar-refractivity contribution in [1.29, 1.82) is 0 Å². The third-order valence-electron chi connectivity index (χ3n) is 7.67. The number of rotatable bonds is 11. The van der Waals surface area contributed by atoms with Gasteiger partial charge in [0.1, 0.15) is 5.69 Å². The molecule has 43 heavy (non-hydrogen) atoms. The van der Waals surface area contributed by atoms with Crippen LogP contribution in [0.15, 0.2) is 67.0 Å². The second kappa shape index (κ2) is 14.2. The molecule has 3 N–H and O–H groups in total. The fourth-order valence-corrected chi connectivity index (χ4v) is 5.17. The quantitative estimate of drug-likeness (QED) is 0.239. The highest BCUT2D eigenvalue weighted by Gasteiger charge is 2.17. The summed E-state index contributed by atoms with van der Waals surface area (Å²) in [5.74, 6) is 0.490. The smallest absolute Gasteiger partial charge is 0.321 e. The number of carbonyl (C=O) groups is 1. The molecular weight excluding hydrogens is 542 g/mol. The highest BCUT2D eigenvalue weighted by atomic mass is 16.3. The Morgan fingerprint density at radius 1 is 1.00 bits per heavy atom. The molecule has 2 amide bonds. The van der Waals surface area contributed by atoms with E-state index >= 15 is 0 Å². The van der Waals surface area contributed by atoms with Crippen LogP contribution in [0.25, 0.3) is 22.5 Å². The molecule has 1 aliphatic heterocycles. The highest BCUT2D eigenvalue weighted by molar-refractivity contribution is 5.90. The number of benzene rings is 2. The molecule has 4 aromatic rings. The van der Waals surface area contributed by atoms with Gasteiger partial charge in [-0.05, 0) is 56.8 Å². The summed E-state index contributed by atoms with van der Waals surface area (Å²) in [5.41, 5.74) is 6.02. The number of aromatic nitrogens is 4. The molecule has 11 heteroatoms. The number of nitrogens with zero attached hydrogens (tertiary/aromatic N) is 7. The largest absolute Gasteiger partial charge is 0.394 e. The van der Waals surface area contributed by atoms with Gasteiger partial charge in [0.2, 0.25) is 5.95 Å². The molecular formula is C32H41N9O2. The lowest BCUT2D eigenvalue weighted by atomic mass is 10.1. The number of amides is 2. The van der Waals surface area contributed by atoms with Crippen molar-refractivity contribution in [3.05, 3.63) is 72.6 Å². The van der Waals surface area contributed by atoms with E-state index in [1.54, 1.807) is 15.8 Å². The molecule has 0 radical (unpaired) electrons. The summed E-state index contributed by atoms with van der Waals surface area (Å²) in [6, 6.07) is 17.7. The van der Waals surface area contributed by atoms with Crippen molar-refractivity contribution in [2.75, 3.05) is 63.6 Å². The Hall–Kier alpha value is -4.32. The van der Waals surface area contributed by atoms with Gasteiger partial charge in [0.05, 0.1) is 18.8 Å². The first kappa shape index (κ1) is 30.1. The predicted molar refractivity (Wildman–Crippen MR) is 170 cm³/mol. The van der Waals surface area contributed by atoms with Gasteiger partial charge in [0.25, 0.3) is 0 Å². The normalized spacial score (nSPS) is 14.0. The maximum absolute atomic E-state index is 12.5. The van der Waals surface area contributed by atoms with Crippen LogP contribution >= 0.6 is 0 Å². The van der Waals surface area contributed by atoms with Crippen LogP contribution in [0.5, 0.6) is 0 Å². The van der Waals surface area contributed by atoms with Crippen molar-refractivity contribution < 1.29 is 9.90 Å². The molecule has 226 valence electrons. The fraction of sp³-hybridized carbons (Fsp3) is 0.375. The Morgan fingerprint density at radius 3 is 2.49 bits per heavy atom. The van der Waals surface area contributed by atoms with Gasteiger partial charge in [-0.1, -0.05) is 24.3 Å². The fourth-order valence-electron chi connectivity index (χ4n) is 5.17. The molecule has 0 atom stereocenters. The molecule has 1 saturated heterocycles. The van der Waals surface area contributed by atoms with Gasteiger partial charge in [-0.2, -0.15) is 5.10 Å².